The molecule has 0 radical (unpaired) electrons. The molecule has 98 valence electrons. The summed E-state index contributed by atoms with van der Waals surface area (Å²) in [5.41, 5.74) is 7.45. The summed E-state index contributed by atoms with van der Waals surface area (Å²) in [4.78, 5) is 2.52. The summed E-state index contributed by atoms with van der Waals surface area (Å²) in [5.74, 6) is 0.360. The highest BCUT2D eigenvalue weighted by Gasteiger charge is 2.40. The van der Waals surface area contributed by atoms with Gasteiger partial charge < -0.3 is 10.6 Å². The van der Waals surface area contributed by atoms with Gasteiger partial charge in [0.1, 0.15) is 5.82 Å². The van der Waals surface area contributed by atoms with Gasteiger partial charge in [-0.2, -0.15) is 0 Å². The largest absolute Gasteiger partial charge is 0.324 e. The molecule has 0 aliphatic carbocycles. The standard InChI is InChI=1S/C15H21FN2/c1-18-13-6-7-14(18)9-11(8-13)15(17)10-2-4-12(16)5-3-10/h2-5,11,13-15H,6-9,17H2,1H3. The first-order chi connectivity index (χ1) is 8.65. The van der Waals surface area contributed by atoms with E-state index >= 15 is 0 Å². The smallest absolute Gasteiger partial charge is 0.123 e. The molecular weight excluding hydrogens is 227 g/mol. The van der Waals surface area contributed by atoms with E-state index in [1.807, 2.05) is 12.1 Å². The van der Waals surface area contributed by atoms with Crippen LogP contribution in [0.1, 0.15) is 37.3 Å². The van der Waals surface area contributed by atoms with Gasteiger partial charge >= 0.3 is 0 Å². The lowest BCUT2D eigenvalue weighted by Gasteiger charge is -2.38. The van der Waals surface area contributed by atoms with Crippen molar-refractivity contribution in [3.63, 3.8) is 0 Å². The second-order valence-corrected chi connectivity index (χ2v) is 5.86. The van der Waals surface area contributed by atoms with Gasteiger partial charge in [0, 0.05) is 18.1 Å². The SMILES string of the molecule is CN1C2CCC1CC(C(N)c1ccc(F)cc1)C2. The summed E-state index contributed by atoms with van der Waals surface area (Å²) >= 11 is 0. The van der Waals surface area contributed by atoms with Crippen LogP contribution in [0.25, 0.3) is 0 Å². The third-order valence-electron chi connectivity index (χ3n) is 4.90. The molecule has 2 bridgehead atoms. The van der Waals surface area contributed by atoms with Crippen LogP contribution in [0.3, 0.4) is 0 Å². The van der Waals surface area contributed by atoms with Crippen molar-refractivity contribution in [2.75, 3.05) is 7.05 Å². The van der Waals surface area contributed by atoms with Gasteiger partial charge in [-0.25, -0.2) is 4.39 Å². The Kier molecular flexibility index (Phi) is 3.12. The van der Waals surface area contributed by atoms with E-state index in [0.29, 0.717) is 18.0 Å². The predicted octanol–water partition coefficient (Wildman–Crippen LogP) is 2.70. The van der Waals surface area contributed by atoms with Crippen LogP contribution < -0.4 is 5.73 Å². The van der Waals surface area contributed by atoms with Crippen LogP contribution in [-0.4, -0.2) is 24.0 Å². The minimum atomic E-state index is -0.186. The topological polar surface area (TPSA) is 29.3 Å². The number of rotatable bonds is 2. The van der Waals surface area contributed by atoms with Gasteiger partial charge in [0.2, 0.25) is 0 Å². The number of fused-ring (bicyclic) bond motifs is 2. The lowest BCUT2D eigenvalue weighted by Crippen LogP contribution is -2.42. The Balaban J connectivity index is 1.74. The van der Waals surface area contributed by atoms with E-state index < -0.39 is 0 Å². The number of piperidine rings is 1. The molecule has 0 saturated carbocycles. The normalized spacial score (nSPS) is 33.6. The second kappa shape index (κ2) is 4.63. The number of nitrogens with zero attached hydrogens (tertiary/aromatic N) is 1. The van der Waals surface area contributed by atoms with Crippen LogP contribution in [0.15, 0.2) is 24.3 Å². The van der Waals surface area contributed by atoms with Crippen molar-refractivity contribution in [2.45, 2.75) is 43.8 Å². The molecule has 3 rings (SSSR count). The van der Waals surface area contributed by atoms with Crippen LogP contribution in [0.4, 0.5) is 4.39 Å². The number of hydrogen-bond acceptors (Lipinski definition) is 2. The molecule has 2 N–H and O–H groups in total. The number of hydrogen-bond donors (Lipinski definition) is 1. The van der Waals surface area contributed by atoms with Crippen LogP contribution in [0.2, 0.25) is 0 Å². The molecule has 0 aromatic heterocycles. The van der Waals surface area contributed by atoms with Crippen molar-refractivity contribution in [1.82, 2.24) is 4.90 Å². The van der Waals surface area contributed by atoms with Gasteiger partial charge in [-0.05, 0) is 56.3 Å². The average Bonchev–Trinajstić information content (AvgIpc) is 2.62. The Morgan fingerprint density at radius 2 is 1.72 bits per heavy atom. The van der Waals surface area contributed by atoms with E-state index in [2.05, 4.69) is 11.9 Å². The van der Waals surface area contributed by atoms with E-state index in [1.54, 1.807) is 0 Å². The molecule has 1 aromatic carbocycles. The first kappa shape index (κ1) is 12.1. The summed E-state index contributed by atoms with van der Waals surface area (Å²) in [6, 6.07) is 8.17. The summed E-state index contributed by atoms with van der Waals surface area (Å²) < 4.78 is 12.9. The first-order valence-electron chi connectivity index (χ1n) is 6.88. The van der Waals surface area contributed by atoms with Gasteiger partial charge in [-0.15, -0.1) is 0 Å². The van der Waals surface area contributed by atoms with Gasteiger partial charge in [-0.3, -0.25) is 0 Å². The molecule has 2 saturated heterocycles. The third kappa shape index (κ3) is 2.06. The van der Waals surface area contributed by atoms with Crippen LogP contribution >= 0.6 is 0 Å². The fourth-order valence-electron chi connectivity index (χ4n) is 3.70. The molecule has 0 spiro atoms. The molecule has 2 fully saturated rings. The second-order valence-electron chi connectivity index (χ2n) is 5.86. The zero-order valence-electron chi connectivity index (χ0n) is 10.8. The first-order valence-corrected chi connectivity index (χ1v) is 6.88. The highest BCUT2D eigenvalue weighted by molar-refractivity contribution is 5.21. The molecule has 3 heteroatoms. The van der Waals surface area contributed by atoms with Gasteiger partial charge in [0.05, 0.1) is 0 Å². The Morgan fingerprint density at radius 1 is 1.17 bits per heavy atom. The lowest BCUT2D eigenvalue weighted by molar-refractivity contribution is 0.121. The maximum atomic E-state index is 12.9. The van der Waals surface area contributed by atoms with Gasteiger partial charge in [-0.1, -0.05) is 12.1 Å². The summed E-state index contributed by atoms with van der Waals surface area (Å²) in [6.07, 6.45) is 5.00. The lowest BCUT2D eigenvalue weighted by atomic mass is 9.82. The van der Waals surface area contributed by atoms with Crippen LogP contribution in [0, 0.1) is 11.7 Å². The van der Waals surface area contributed by atoms with E-state index in [1.165, 1.54) is 37.8 Å². The molecule has 3 unspecified atom stereocenters. The fourth-order valence-corrected chi connectivity index (χ4v) is 3.70. The molecule has 1 aromatic rings. The molecule has 2 nitrogen and oxygen atoms in total. The Hall–Kier alpha value is -0.930. The maximum Gasteiger partial charge on any atom is 0.123 e. The summed E-state index contributed by atoms with van der Waals surface area (Å²) in [6.45, 7) is 0. The molecule has 0 amide bonds. The number of nitrogens with two attached hydrogens (primary N) is 1. The predicted molar refractivity (Wildman–Crippen MR) is 70.6 cm³/mol. The Morgan fingerprint density at radius 3 is 2.28 bits per heavy atom. The fraction of sp³-hybridized carbons (Fsp3) is 0.600. The highest BCUT2D eigenvalue weighted by atomic mass is 19.1. The summed E-state index contributed by atoms with van der Waals surface area (Å²) in [5, 5.41) is 0. The number of halogens is 1. The van der Waals surface area contributed by atoms with Gasteiger partial charge in [0.25, 0.3) is 0 Å². The molecule has 2 aliphatic rings. The third-order valence-corrected chi connectivity index (χ3v) is 4.90. The van der Waals surface area contributed by atoms with E-state index in [-0.39, 0.29) is 11.9 Å². The van der Waals surface area contributed by atoms with Crippen molar-refractivity contribution in [3.05, 3.63) is 35.6 Å². The zero-order valence-corrected chi connectivity index (χ0v) is 10.8. The Labute approximate surface area is 108 Å². The number of benzene rings is 1. The Bertz CT molecular complexity index is 403. The molecule has 2 aliphatic heterocycles. The molecule has 3 atom stereocenters. The minimum absolute atomic E-state index is 0.0578. The van der Waals surface area contributed by atoms with Crippen LogP contribution in [0.5, 0.6) is 0 Å². The molecule has 18 heavy (non-hydrogen) atoms. The quantitative estimate of drug-likeness (QED) is 0.872. The average molecular weight is 248 g/mol. The highest BCUT2D eigenvalue weighted by Crippen LogP contribution is 2.41. The summed E-state index contributed by atoms with van der Waals surface area (Å²) in [7, 11) is 2.24. The van der Waals surface area contributed by atoms with Crippen molar-refractivity contribution >= 4 is 0 Å². The van der Waals surface area contributed by atoms with Gasteiger partial charge in [0.15, 0.2) is 0 Å². The van der Waals surface area contributed by atoms with Crippen molar-refractivity contribution in [2.24, 2.45) is 11.7 Å². The molecular formula is C15H21FN2. The van der Waals surface area contributed by atoms with Crippen molar-refractivity contribution in [3.8, 4) is 0 Å². The molecule has 2 heterocycles. The zero-order chi connectivity index (χ0) is 12.7. The van der Waals surface area contributed by atoms with E-state index in [4.69, 9.17) is 5.73 Å². The minimum Gasteiger partial charge on any atom is -0.324 e. The monoisotopic (exact) mass is 248 g/mol. The van der Waals surface area contributed by atoms with E-state index in [0.717, 1.165) is 5.56 Å². The van der Waals surface area contributed by atoms with Crippen molar-refractivity contribution < 1.29 is 4.39 Å². The van der Waals surface area contributed by atoms with Crippen molar-refractivity contribution in [1.29, 1.82) is 0 Å². The van der Waals surface area contributed by atoms with E-state index in [9.17, 15) is 4.39 Å². The van der Waals surface area contributed by atoms with Crippen LogP contribution in [-0.2, 0) is 0 Å². The maximum absolute atomic E-state index is 12.9.